The summed E-state index contributed by atoms with van der Waals surface area (Å²) in [5.41, 5.74) is 2.67. The summed E-state index contributed by atoms with van der Waals surface area (Å²) in [4.78, 5) is 20.8. The van der Waals surface area contributed by atoms with Crippen LogP contribution in [-0.4, -0.2) is 71.1 Å². The van der Waals surface area contributed by atoms with E-state index in [4.69, 9.17) is 49.0 Å². The number of nitrogens with zero attached hydrogens (tertiary/aromatic N) is 5. The van der Waals surface area contributed by atoms with Crippen molar-refractivity contribution < 1.29 is 19.0 Å². The standard InChI is InChI=1S/C32H30Cl3N5O4/c33-24-4-1-23(2-5-24)3-12-31(41)39-15-13-38(14-16-39)26-7-9-27(10-8-26)42-18-28-19-43-32(44-28,20-40-22-36-21-37-40)29-11-6-25(34)17-30(29)35/h1-12,17,21-22,28H,13-16,18-20H2/t28-,32-/m1/s1. The van der Waals surface area contributed by atoms with Gasteiger partial charge in [-0.05, 0) is 60.2 Å². The Bertz CT molecular complexity index is 1590. The molecule has 0 unspecified atom stereocenters. The van der Waals surface area contributed by atoms with E-state index in [0.29, 0.717) is 40.3 Å². The highest BCUT2D eigenvalue weighted by Crippen LogP contribution is 2.40. The maximum absolute atomic E-state index is 12.7. The molecule has 3 heterocycles. The minimum absolute atomic E-state index is 0.00472. The first-order valence-corrected chi connectivity index (χ1v) is 15.3. The third kappa shape index (κ3) is 7.20. The molecular formula is C32H30Cl3N5O4. The number of piperazine rings is 1. The molecule has 2 atom stereocenters. The molecule has 0 aliphatic carbocycles. The summed E-state index contributed by atoms with van der Waals surface area (Å²) in [6, 6.07) is 20.6. The first kappa shape index (κ1) is 30.4. The molecule has 44 heavy (non-hydrogen) atoms. The lowest BCUT2D eigenvalue weighted by Gasteiger charge is -2.35. The Morgan fingerprint density at radius 2 is 1.73 bits per heavy atom. The van der Waals surface area contributed by atoms with Gasteiger partial charge in [-0.2, -0.15) is 5.10 Å². The van der Waals surface area contributed by atoms with E-state index in [1.165, 1.54) is 6.33 Å². The third-order valence-electron chi connectivity index (χ3n) is 7.56. The van der Waals surface area contributed by atoms with Gasteiger partial charge in [0.25, 0.3) is 0 Å². The fourth-order valence-corrected chi connectivity index (χ4v) is 5.93. The predicted molar refractivity (Wildman–Crippen MR) is 170 cm³/mol. The van der Waals surface area contributed by atoms with Gasteiger partial charge in [0.15, 0.2) is 0 Å². The Balaban J connectivity index is 1.01. The number of benzene rings is 3. The molecule has 0 N–H and O–H groups in total. The summed E-state index contributed by atoms with van der Waals surface area (Å²) in [7, 11) is 0. The zero-order chi connectivity index (χ0) is 30.5. The van der Waals surface area contributed by atoms with Crippen LogP contribution in [0.4, 0.5) is 5.69 Å². The molecule has 1 aromatic heterocycles. The molecule has 2 aliphatic heterocycles. The first-order valence-electron chi connectivity index (χ1n) is 14.2. The van der Waals surface area contributed by atoms with Crippen LogP contribution in [0, 0.1) is 0 Å². The minimum Gasteiger partial charge on any atom is -0.491 e. The monoisotopic (exact) mass is 653 g/mol. The molecule has 9 nitrogen and oxygen atoms in total. The molecule has 0 spiro atoms. The summed E-state index contributed by atoms with van der Waals surface area (Å²) >= 11 is 18.6. The number of hydrogen-bond acceptors (Lipinski definition) is 7. The lowest BCUT2D eigenvalue weighted by Crippen LogP contribution is -2.48. The van der Waals surface area contributed by atoms with Crippen molar-refractivity contribution in [2.75, 3.05) is 44.3 Å². The molecule has 12 heteroatoms. The lowest BCUT2D eigenvalue weighted by molar-refractivity contribution is -0.190. The largest absolute Gasteiger partial charge is 0.491 e. The number of amides is 1. The summed E-state index contributed by atoms with van der Waals surface area (Å²) in [6.07, 6.45) is 6.14. The molecule has 0 radical (unpaired) electrons. The molecule has 2 aliphatic rings. The number of anilines is 1. The van der Waals surface area contributed by atoms with Crippen LogP contribution >= 0.6 is 34.8 Å². The number of carbonyl (C=O) groups excluding carboxylic acids is 1. The Morgan fingerprint density at radius 1 is 0.977 bits per heavy atom. The fourth-order valence-electron chi connectivity index (χ4n) is 5.26. The molecule has 4 aromatic rings. The average Bonchev–Trinajstić information content (AvgIpc) is 3.70. The van der Waals surface area contributed by atoms with Gasteiger partial charge in [-0.1, -0.05) is 53.0 Å². The Hall–Kier alpha value is -3.60. The number of hydrogen-bond donors (Lipinski definition) is 0. The van der Waals surface area contributed by atoms with Gasteiger partial charge in [0.2, 0.25) is 11.7 Å². The van der Waals surface area contributed by atoms with Crippen LogP contribution in [0.2, 0.25) is 15.1 Å². The van der Waals surface area contributed by atoms with Crippen molar-refractivity contribution in [2.45, 2.75) is 18.4 Å². The normalized spacial score (nSPS) is 20.4. The van der Waals surface area contributed by atoms with Gasteiger partial charge in [-0.3, -0.25) is 4.79 Å². The maximum atomic E-state index is 12.7. The van der Waals surface area contributed by atoms with Crippen LogP contribution in [0.3, 0.4) is 0 Å². The maximum Gasteiger partial charge on any atom is 0.246 e. The van der Waals surface area contributed by atoms with E-state index < -0.39 is 5.79 Å². The van der Waals surface area contributed by atoms with Crippen molar-refractivity contribution in [1.29, 1.82) is 0 Å². The minimum atomic E-state index is -1.16. The van der Waals surface area contributed by atoms with E-state index in [-0.39, 0.29) is 25.2 Å². The molecule has 0 bridgehead atoms. The van der Waals surface area contributed by atoms with Crippen LogP contribution in [-0.2, 0) is 26.6 Å². The van der Waals surface area contributed by atoms with Gasteiger partial charge < -0.3 is 24.0 Å². The Labute approximate surface area is 270 Å². The van der Waals surface area contributed by atoms with Crippen molar-refractivity contribution in [2.24, 2.45) is 0 Å². The van der Waals surface area contributed by atoms with E-state index >= 15 is 0 Å². The Morgan fingerprint density at radius 3 is 2.43 bits per heavy atom. The van der Waals surface area contributed by atoms with Gasteiger partial charge in [0.05, 0.1) is 11.6 Å². The highest BCUT2D eigenvalue weighted by Gasteiger charge is 2.45. The van der Waals surface area contributed by atoms with Crippen molar-refractivity contribution in [3.63, 3.8) is 0 Å². The average molecular weight is 655 g/mol. The number of ether oxygens (including phenoxy) is 3. The molecule has 228 valence electrons. The summed E-state index contributed by atoms with van der Waals surface area (Å²) in [6.45, 7) is 3.64. The molecule has 6 rings (SSSR count). The lowest BCUT2D eigenvalue weighted by atomic mass is 10.1. The zero-order valence-electron chi connectivity index (χ0n) is 23.7. The second kappa shape index (κ2) is 13.6. The van der Waals surface area contributed by atoms with Crippen LogP contribution in [0.25, 0.3) is 6.08 Å². The van der Waals surface area contributed by atoms with Gasteiger partial charge in [-0.25, -0.2) is 9.67 Å². The first-order chi connectivity index (χ1) is 21.4. The quantitative estimate of drug-likeness (QED) is 0.207. The second-order valence-corrected chi connectivity index (χ2v) is 11.8. The summed E-state index contributed by atoms with van der Waals surface area (Å²) in [5.74, 6) is -0.440. The molecule has 2 fully saturated rings. The van der Waals surface area contributed by atoms with Gasteiger partial charge in [0.1, 0.15) is 37.7 Å². The highest BCUT2D eigenvalue weighted by molar-refractivity contribution is 6.35. The van der Waals surface area contributed by atoms with E-state index in [9.17, 15) is 4.79 Å². The van der Waals surface area contributed by atoms with Crippen LogP contribution in [0.15, 0.2) is 85.5 Å². The number of rotatable bonds is 9. The van der Waals surface area contributed by atoms with Crippen molar-refractivity contribution in [1.82, 2.24) is 19.7 Å². The van der Waals surface area contributed by atoms with Crippen LogP contribution < -0.4 is 9.64 Å². The summed E-state index contributed by atoms with van der Waals surface area (Å²) < 4.78 is 20.4. The second-order valence-electron chi connectivity index (χ2n) is 10.5. The van der Waals surface area contributed by atoms with Crippen LogP contribution in [0.5, 0.6) is 5.75 Å². The number of halogens is 3. The zero-order valence-corrected chi connectivity index (χ0v) is 26.0. The van der Waals surface area contributed by atoms with Gasteiger partial charge >= 0.3 is 0 Å². The third-order valence-corrected chi connectivity index (χ3v) is 8.35. The van der Waals surface area contributed by atoms with Crippen molar-refractivity contribution >= 4 is 52.5 Å². The molecule has 0 saturated carbocycles. The Kier molecular flexibility index (Phi) is 9.39. The van der Waals surface area contributed by atoms with Gasteiger partial charge in [0, 0.05) is 53.6 Å². The smallest absolute Gasteiger partial charge is 0.246 e. The molecular weight excluding hydrogens is 625 g/mol. The summed E-state index contributed by atoms with van der Waals surface area (Å²) in [5, 5.41) is 5.84. The molecule has 1 amide bonds. The van der Waals surface area contributed by atoms with Crippen molar-refractivity contribution in [3.8, 4) is 5.75 Å². The number of carbonyl (C=O) groups is 1. The van der Waals surface area contributed by atoms with Gasteiger partial charge in [-0.15, -0.1) is 0 Å². The highest BCUT2D eigenvalue weighted by atomic mass is 35.5. The predicted octanol–water partition coefficient (Wildman–Crippen LogP) is 5.95. The van der Waals surface area contributed by atoms with E-state index in [1.54, 1.807) is 35.3 Å². The molecule has 3 aromatic carbocycles. The molecule has 2 saturated heterocycles. The van der Waals surface area contributed by atoms with E-state index in [1.807, 2.05) is 59.5 Å². The number of aromatic nitrogens is 3. The van der Waals surface area contributed by atoms with Crippen molar-refractivity contribution in [3.05, 3.63) is 112 Å². The topological polar surface area (TPSA) is 82.0 Å². The van der Waals surface area contributed by atoms with Crippen LogP contribution in [0.1, 0.15) is 11.1 Å². The fraction of sp³-hybridized carbons (Fsp3) is 0.281. The van der Waals surface area contributed by atoms with E-state index in [0.717, 1.165) is 30.1 Å². The SMILES string of the molecule is O=C(C=Cc1ccc(Cl)cc1)N1CCN(c2ccc(OC[C@@H]3CO[C@@](Cn4cncn4)(c4ccc(Cl)cc4Cl)O3)cc2)CC1. The van der Waals surface area contributed by atoms with E-state index in [2.05, 4.69) is 15.0 Å².